The summed E-state index contributed by atoms with van der Waals surface area (Å²) in [5.74, 6) is 0.289. The van der Waals surface area contributed by atoms with E-state index >= 15 is 0 Å². The number of nitrogens with zero attached hydrogens (tertiary/aromatic N) is 3. The van der Waals surface area contributed by atoms with Crippen LogP contribution in [0, 0.1) is 11.3 Å². The molecule has 0 aliphatic carbocycles. The first-order valence-electron chi connectivity index (χ1n) is 6.26. The van der Waals surface area contributed by atoms with Crippen molar-refractivity contribution in [2.45, 2.75) is 25.9 Å². The van der Waals surface area contributed by atoms with Crippen LogP contribution in [0.3, 0.4) is 0 Å². The lowest BCUT2D eigenvalue weighted by Gasteiger charge is -2.03. The number of hydrogen-bond acceptors (Lipinski definition) is 6. The van der Waals surface area contributed by atoms with Crippen LogP contribution >= 0.6 is 11.6 Å². The van der Waals surface area contributed by atoms with E-state index in [-0.39, 0.29) is 12.8 Å². The molecule has 0 fully saturated rings. The van der Waals surface area contributed by atoms with Crippen LogP contribution in [0.15, 0.2) is 28.8 Å². The van der Waals surface area contributed by atoms with E-state index in [4.69, 9.17) is 26.1 Å². The van der Waals surface area contributed by atoms with Crippen LogP contribution in [-0.2, 0) is 16.0 Å². The summed E-state index contributed by atoms with van der Waals surface area (Å²) in [4.78, 5) is 15.6. The van der Waals surface area contributed by atoms with E-state index in [1.165, 1.54) is 6.92 Å². The lowest BCUT2D eigenvalue weighted by atomic mass is 10.2. The second-order valence-electron chi connectivity index (χ2n) is 4.28. The maximum absolute atomic E-state index is 11.4. The van der Waals surface area contributed by atoms with E-state index in [0.29, 0.717) is 16.7 Å². The molecule has 1 unspecified atom stereocenters. The predicted octanol–water partition coefficient (Wildman–Crippen LogP) is 2.78. The third-order valence-corrected chi connectivity index (χ3v) is 2.86. The number of benzene rings is 1. The van der Waals surface area contributed by atoms with Gasteiger partial charge in [-0.2, -0.15) is 10.2 Å². The van der Waals surface area contributed by atoms with Crippen molar-refractivity contribution in [1.82, 2.24) is 10.1 Å². The van der Waals surface area contributed by atoms with Crippen LogP contribution in [0.2, 0.25) is 5.02 Å². The fourth-order valence-electron chi connectivity index (χ4n) is 1.56. The number of esters is 1. The summed E-state index contributed by atoms with van der Waals surface area (Å²) in [5.41, 5.74) is 0.773. The van der Waals surface area contributed by atoms with Gasteiger partial charge in [0.05, 0.1) is 6.42 Å². The Labute approximate surface area is 126 Å². The molecule has 1 aromatic carbocycles. The quantitative estimate of drug-likeness (QED) is 0.789. The van der Waals surface area contributed by atoms with Gasteiger partial charge in [-0.05, 0) is 31.2 Å². The van der Waals surface area contributed by atoms with E-state index < -0.39 is 12.1 Å². The first kappa shape index (κ1) is 15.0. The molecule has 0 radical (unpaired) electrons. The number of halogens is 1. The summed E-state index contributed by atoms with van der Waals surface area (Å²) in [6.45, 7) is 1.50. The lowest BCUT2D eigenvalue weighted by molar-refractivity contribution is -0.145. The van der Waals surface area contributed by atoms with Gasteiger partial charge in [0.2, 0.25) is 11.7 Å². The van der Waals surface area contributed by atoms with Gasteiger partial charge in [0, 0.05) is 17.0 Å². The molecule has 2 rings (SSSR count). The molecule has 7 heteroatoms. The van der Waals surface area contributed by atoms with Gasteiger partial charge < -0.3 is 9.26 Å². The Morgan fingerprint density at radius 2 is 2.19 bits per heavy atom. The van der Waals surface area contributed by atoms with Crippen LogP contribution < -0.4 is 0 Å². The number of aromatic nitrogens is 2. The Kier molecular flexibility index (Phi) is 4.90. The highest BCUT2D eigenvalue weighted by molar-refractivity contribution is 6.30. The molecule has 0 saturated heterocycles. The highest BCUT2D eigenvalue weighted by atomic mass is 35.5. The average molecular weight is 306 g/mol. The van der Waals surface area contributed by atoms with Crippen molar-refractivity contribution < 1.29 is 14.1 Å². The third-order valence-electron chi connectivity index (χ3n) is 2.60. The minimum Gasteiger partial charge on any atom is -0.447 e. The SMILES string of the molecule is CC(C#N)OC(=O)CCc1nc(-c2ccc(Cl)cc2)no1. The zero-order valence-corrected chi connectivity index (χ0v) is 12.0. The summed E-state index contributed by atoms with van der Waals surface area (Å²) in [7, 11) is 0. The standard InChI is InChI=1S/C14H12ClN3O3/c1-9(8-16)20-13(19)7-6-12-17-14(18-21-12)10-2-4-11(15)5-3-10/h2-5,9H,6-7H2,1H3. The van der Waals surface area contributed by atoms with Crippen molar-refractivity contribution in [3.63, 3.8) is 0 Å². The Hall–Kier alpha value is -2.39. The van der Waals surface area contributed by atoms with Crippen molar-refractivity contribution in [3.8, 4) is 17.5 Å². The Morgan fingerprint density at radius 1 is 1.48 bits per heavy atom. The molecule has 1 atom stereocenters. The maximum atomic E-state index is 11.4. The van der Waals surface area contributed by atoms with E-state index in [1.54, 1.807) is 24.3 Å². The van der Waals surface area contributed by atoms with Crippen LogP contribution in [-0.4, -0.2) is 22.2 Å². The Bertz CT molecular complexity index is 661. The fourth-order valence-corrected chi connectivity index (χ4v) is 1.69. The molecule has 0 aliphatic rings. The van der Waals surface area contributed by atoms with Gasteiger partial charge in [-0.25, -0.2) is 0 Å². The van der Waals surface area contributed by atoms with Gasteiger partial charge in [-0.3, -0.25) is 4.79 Å². The van der Waals surface area contributed by atoms with Gasteiger partial charge in [-0.1, -0.05) is 16.8 Å². The first-order chi connectivity index (χ1) is 10.1. The molecule has 108 valence electrons. The number of ether oxygens (including phenoxy) is 1. The number of aryl methyl sites for hydroxylation is 1. The number of carbonyl (C=O) groups excluding carboxylic acids is 1. The second kappa shape index (κ2) is 6.86. The van der Waals surface area contributed by atoms with Gasteiger partial charge in [0.25, 0.3) is 0 Å². The van der Waals surface area contributed by atoms with Crippen molar-refractivity contribution in [2.75, 3.05) is 0 Å². The van der Waals surface area contributed by atoms with E-state index in [9.17, 15) is 4.79 Å². The summed E-state index contributed by atoms with van der Waals surface area (Å²) >= 11 is 5.80. The molecule has 0 aliphatic heterocycles. The van der Waals surface area contributed by atoms with Gasteiger partial charge in [0.15, 0.2) is 6.10 Å². The minimum absolute atomic E-state index is 0.0776. The van der Waals surface area contributed by atoms with Crippen molar-refractivity contribution in [1.29, 1.82) is 5.26 Å². The second-order valence-corrected chi connectivity index (χ2v) is 4.72. The molecular weight excluding hydrogens is 294 g/mol. The highest BCUT2D eigenvalue weighted by Gasteiger charge is 2.13. The molecule has 0 N–H and O–H groups in total. The van der Waals surface area contributed by atoms with Gasteiger partial charge in [0.1, 0.15) is 6.07 Å². The molecule has 21 heavy (non-hydrogen) atoms. The zero-order valence-electron chi connectivity index (χ0n) is 11.2. The smallest absolute Gasteiger partial charge is 0.307 e. The van der Waals surface area contributed by atoms with Gasteiger partial charge >= 0.3 is 5.97 Å². The van der Waals surface area contributed by atoms with Crippen LogP contribution in [0.4, 0.5) is 0 Å². The van der Waals surface area contributed by atoms with E-state index in [1.807, 2.05) is 6.07 Å². The van der Waals surface area contributed by atoms with Crippen LogP contribution in [0.25, 0.3) is 11.4 Å². The maximum Gasteiger partial charge on any atom is 0.307 e. The minimum atomic E-state index is -0.759. The molecule has 0 saturated carbocycles. The first-order valence-corrected chi connectivity index (χ1v) is 6.64. The molecule has 2 aromatic rings. The highest BCUT2D eigenvalue weighted by Crippen LogP contribution is 2.19. The van der Waals surface area contributed by atoms with Crippen LogP contribution in [0.5, 0.6) is 0 Å². The fraction of sp³-hybridized carbons (Fsp3) is 0.286. The van der Waals surface area contributed by atoms with E-state index in [0.717, 1.165) is 5.56 Å². The molecule has 0 bridgehead atoms. The number of rotatable bonds is 5. The topological polar surface area (TPSA) is 89.0 Å². The summed E-state index contributed by atoms with van der Waals surface area (Å²) < 4.78 is 9.89. The molecule has 1 aromatic heterocycles. The Balaban J connectivity index is 1.93. The summed E-state index contributed by atoms with van der Waals surface area (Å²) in [6.07, 6.45) is -0.420. The largest absolute Gasteiger partial charge is 0.447 e. The molecule has 1 heterocycles. The monoisotopic (exact) mass is 305 g/mol. The number of hydrogen-bond donors (Lipinski definition) is 0. The normalized spacial score (nSPS) is 11.7. The average Bonchev–Trinajstić information content (AvgIpc) is 2.94. The van der Waals surface area contributed by atoms with Crippen LogP contribution in [0.1, 0.15) is 19.2 Å². The van der Waals surface area contributed by atoms with E-state index in [2.05, 4.69) is 10.1 Å². The zero-order chi connectivity index (χ0) is 15.2. The Morgan fingerprint density at radius 3 is 2.86 bits per heavy atom. The predicted molar refractivity (Wildman–Crippen MR) is 74.2 cm³/mol. The molecule has 6 nitrogen and oxygen atoms in total. The summed E-state index contributed by atoms with van der Waals surface area (Å²) in [6, 6.07) is 8.83. The van der Waals surface area contributed by atoms with Crippen molar-refractivity contribution >= 4 is 17.6 Å². The lowest BCUT2D eigenvalue weighted by Crippen LogP contribution is -2.13. The third kappa shape index (κ3) is 4.29. The molecule has 0 spiro atoms. The number of nitriles is 1. The van der Waals surface area contributed by atoms with Crippen molar-refractivity contribution in [2.24, 2.45) is 0 Å². The van der Waals surface area contributed by atoms with Crippen molar-refractivity contribution in [3.05, 3.63) is 35.2 Å². The molecule has 0 amide bonds. The molecular formula is C14H12ClN3O3. The van der Waals surface area contributed by atoms with Gasteiger partial charge in [-0.15, -0.1) is 0 Å². The number of carbonyl (C=O) groups is 1. The summed E-state index contributed by atoms with van der Waals surface area (Å²) in [5, 5.41) is 13.0.